The van der Waals surface area contributed by atoms with E-state index in [1.165, 1.54) is 12.8 Å². The molecule has 2 saturated heterocycles. The van der Waals surface area contributed by atoms with Crippen LogP contribution >= 0.6 is 0 Å². The number of nitrogens with two attached hydrogens (primary N) is 1. The molecule has 3 N–H and O–H groups in total. The molecule has 0 radical (unpaired) electrons. The lowest BCUT2D eigenvalue weighted by molar-refractivity contribution is 0.244. The van der Waals surface area contributed by atoms with Crippen LogP contribution < -0.4 is 16.0 Å². The molecule has 2 aromatic rings. The highest BCUT2D eigenvalue weighted by Crippen LogP contribution is 2.28. The fraction of sp³-hybridized carbons (Fsp3) is 0.533. The molecule has 7 nitrogen and oxygen atoms in total. The number of nitrogen functional groups attached to an aromatic ring is 1. The Morgan fingerprint density at radius 2 is 2.14 bits per heavy atom. The second-order valence-electron chi connectivity index (χ2n) is 6.09. The first kappa shape index (κ1) is 13.5. The van der Waals surface area contributed by atoms with E-state index in [1.54, 1.807) is 10.9 Å². The Morgan fingerprint density at radius 1 is 1.23 bits per heavy atom. The van der Waals surface area contributed by atoms with Crippen molar-refractivity contribution < 1.29 is 0 Å². The Labute approximate surface area is 129 Å². The summed E-state index contributed by atoms with van der Waals surface area (Å²) in [6.07, 6.45) is 7.31. The third-order valence-electron chi connectivity index (χ3n) is 4.67. The van der Waals surface area contributed by atoms with Gasteiger partial charge in [-0.3, -0.25) is 0 Å². The topological polar surface area (TPSA) is 84.9 Å². The third-order valence-corrected chi connectivity index (χ3v) is 4.67. The summed E-state index contributed by atoms with van der Waals surface area (Å²) in [5.41, 5.74) is 5.90. The molecule has 4 rings (SSSR count). The summed E-state index contributed by atoms with van der Waals surface area (Å²) >= 11 is 0. The van der Waals surface area contributed by atoms with Crippen molar-refractivity contribution >= 4 is 11.8 Å². The molecule has 2 aliphatic rings. The number of hydrogen-bond acceptors (Lipinski definition) is 6. The number of nitrogens with zero attached hydrogens (tertiary/aromatic N) is 5. The molecule has 0 saturated carbocycles. The molecule has 0 unspecified atom stereocenters. The van der Waals surface area contributed by atoms with Gasteiger partial charge in [0.1, 0.15) is 5.82 Å². The summed E-state index contributed by atoms with van der Waals surface area (Å²) in [5, 5.41) is 7.86. The van der Waals surface area contributed by atoms with Gasteiger partial charge < -0.3 is 16.0 Å². The predicted molar refractivity (Wildman–Crippen MR) is 84.9 cm³/mol. The van der Waals surface area contributed by atoms with Crippen molar-refractivity contribution in [3.8, 4) is 5.82 Å². The van der Waals surface area contributed by atoms with Gasteiger partial charge >= 0.3 is 0 Å². The maximum Gasteiger partial charge on any atom is 0.224 e. The minimum Gasteiger partial charge on any atom is -0.368 e. The van der Waals surface area contributed by atoms with Gasteiger partial charge in [0, 0.05) is 37.6 Å². The van der Waals surface area contributed by atoms with Crippen LogP contribution in [0.4, 0.5) is 11.8 Å². The van der Waals surface area contributed by atoms with Gasteiger partial charge in [0.15, 0.2) is 5.82 Å². The quantitative estimate of drug-likeness (QED) is 0.854. The van der Waals surface area contributed by atoms with E-state index < -0.39 is 0 Å². The Morgan fingerprint density at radius 3 is 3.00 bits per heavy atom. The molecule has 22 heavy (non-hydrogen) atoms. The van der Waals surface area contributed by atoms with E-state index in [1.807, 2.05) is 18.3 Å². The van der Waals surface area contributed by atoms with Crippen LogP contribution in [0.15, 0.2) is 24.5 Å². The van der Waals surface area contributed by atoms with Crippen molar-refractivity contribution in [2.75, 3.05) is 30.3 Å². The number of piperidine rings is 2. The molecule has 2 aliphatic heterocycles. The van der Waals surface area contributed by atoms with Gasteiger partial charge in [-0.1, -0.05) is 0 Å². The number of aromatic nitrogens is 4. The van der Waals surface area contributed by atoms with Crippen LogP contribution in [0.3, 0.4) is 0 Å². The molecule has 7 heteroatoms. The van der Waals surface area contributed by atoms with Crippen molar-refractivity contribution in [1.82, 2.24) is 25.1 Å². The highest BCUT2D eigenvalue weighted by atomic mass is 15.3. The van der Waals surface area contributed by atoms with E-state index in [2.05, 4.69) is 25.3 Å². The molecular formula is C15H21N7. The maximum atomic E-state index is 5.90. The maximum absolute atomic E-state index is 5.90. The largest absolute Gasteiger partial charge is 0.368 e. The highest BCUT2D eigenvalue weighted by molar-refractivity contribution is 5.48. The number of hydrogen-bond donors (Lipinski definition) is 2. The van der Waals surface area contributed by atoms with Crippen LogP contribution in [0.2, 0.25) is 0 Å². The molecule has 0 spiro atoms. The van der Waals surface area contributed by atoms with Crippen molar-refractivity contribution in [2.24, 2.45) is 5.92 Å². The first-order valence-corrected chi connectivity index (χ1v) is 7.92. The van der Waals surface area contributed by atoms with Gasteiger partial charge in [-0.25, -0.2) is 4.68 Å². The second-order valence-corrected chi connectivity index (χ2v) is 6.09. The molecule has 0 bridgehead atoms. The highest BCUT2D eigenvalue weighted by Gasteiger charge is 2.31. The van der Waals surface area contributed by atoms with Gasteiger partial charge in [-0.15, -0.1) is 0 Å². The van der Waals surface area contributed by atoms with E-state index in [4.69, 9.17) is 5.73 Å². The second kappa shape index (κ2) is 5.57. The summed E-state index contributed by atoms with van der Waals surface area (Å²) in [6, 6.07) is 4.51. The summed E-state index contributed by atoms with van der Waals surface area (Å²) < 4.78 is 1.72. The van der Waals surface area contributed by atoms with E-state index in [9.17, 15) is 0 Å². The summed E-state index contributed by atoms with van der Waals surface area (Å²) in [4.78, 5) is 11.0. The van der Waals surface area contributed by atoms with Crippen LogP contribution in [0.5, 0.6) is 0 Å². The average molecular weight is 299 g/mol. The zero-order valence-electron chi connectivity index (χ0n) is 12.5. The van der Waals surface area contributed by atoms with Gasteiger partial charge in [-0.2, -0.15) is 15.1 Å². The van der Waals surface area contributed by atoms with Crippen molar-refractivity contribution in [1.29, 1.82) is 0 Å². The number of rotatable bonds is 2. The fourth-order valence-corrected chi connectivity index (χ4v) is 3.58. The third kappa shape index (κ3) is 2.52. The zero-order valence-corrected chi connectivity index (χ0v) is 12.5. The average Bonchev–Trinajstić information content (AvgIpc) is 3.08. The number of anilines is 2. The Hall–Kier alpha value is -2.15. The van der Waals surface area contributed by atoms with Crippen LogP contribution in [0.25, 0.3) is 5.82 Å². The molecular weight excluding hydrogens is 278 g/mol. The van der Waals surface area contributed by atoms with E-state index in [0.29, 0.717) is 17.9 Å². The summed E-state index contributed by atoms with van der Waals surface area (Å²) in [6.45, 7) is 3.20. The van der Waals surface area contributed by atoms with Crippen molar-refractivity contribution in [3.63, 3.8) is 0 Å². The first-order valence-electron chi connectivity index (χ1n) is 7.92. The van der Waals surface area contributed by atoms with Gasteiger partial charge in [0.25, 0.3) is 0 Å². The zero-order chi connectivity index (χ0) is 14.9. The lowest BCUT2D eigenvalue weighted by Gasteiger charge is -2.42. The Bertz CT molecular complexity index is 639. The van der Waals surface area contributed by atoms with Crippen LogP contribution in [0.1, 0.15) is 19.3 Å². The standard InChI is InChI=1S/C15H21N7/c16-15-19-13(9-14(20-15)22-7-2-6-18-22)21-8-4-12-11(10-21)3-1-5-17-12/h2,6-7,9,11-12,17H,1,3-5,8,10H2,(H2,16,19,20)/t11-,12+/m1/s1. The smallest absolute Gasteiger partial charge is 0.224 e. The Kier molecular flexibility index (Phi) is 3.42. The summed E-state index contributed by atoms with van der Waals surface area (Å²) in [5.74, 6) is 2.62. The van der Waals surface area contributed by atoms with Crippen LogP contribution in [0, 0.1) is 5.92 Å². The monoisotopic (exact) mass is 299 g/mol. The molecule has 2 fully saturated rings. The minimum atomic E-state index is 0.298. The fourth-order valence-electron chi connectivity index (χ4n) is 3.58. The SMILES string of the molecule is Nc1nc(N2CC[C@@H]3NCCC[C@@H]3C2)cc(-n2cccn2)n1. The predicted octanol–water partition coefficient (Wildman–Crippen LogP) is 0.823. The number of nitrogens with one attached hydrogen (secondary N) is 1. The number of fused-ring (bicyclic) bond motifs is 1. The molecule has 2 atom stereocenters. The summed E-state index contributed by atoms with van der Waals surface area (Å²) in [7, 11) is 0. The van der Waals surface area contributed by atoms with Crippen molar-refractivity contribution in [3.05, 3.63) is 24.5 Å². The minimum absolute atomic E-state index is 0.298. The van der Waals surface area contributed by atoms with Crippen molar-refractivity contribution in [2.45, 2.75) is 25.3 Å². The molecule has 0 amide bonds. The molecule has 0 aliphatic carbocycles. The van der Waals surface area contributed by atoms with Gasteiger partial charge in [-0.05, 0) is 37.8 Å². The molecule has 2 aromatic heterocycles. The van der Waals surface area contributed by atoms with E-state index >= 15 is 0 Å². The molecule has 0 aromatic carbocycles. The Balaban J connectivity index is 1.59. The van der Waals surface area contributed by atoms with Gasteiger partial charge in [0.05, 0.1) is 0 Å². The van der Waals surface area contributed by atoms with Crippen LogP contribution in [-0.2, 0) is 0 Å². The normalized spacial score (nSPS) is 25.0. The lowest BCUT2D eigenvalue weighted by Crippen LogP contribution is -2.52. The molecule has 116 valence electrons. The van der Waals surface area contributed by atoms with Crippen LogP contribution in [-0.4, -0.2) is 45.4 Å². The van der Waals surface area contributed by atoms with E-state index in [0.717, 1.165) is 37.7 Å². The first-order chi connectivity index (χ1) is 10.8. The van der Waals surface area contributed by atoms with E-state index in [-0.39, 0.29) is 0 Å². The van der Waals surface area contributed by atoms with Gasteiger partial charge in [0.2, 0.25) is 5.95 Å². The lowest BCUT2D eigenvalue weighted by atomic mass is 9.85. The molecule has 4 heterocycles.